The second-order valence-corrected chi connectivity index (χ2v) is 15.0. The Labute approximate surface area is 325 Å². The summed E-state index contributed by atoms with van der Waals surface area (Å²) in [6, 6.07) is 29.0. The van der Waals surface area contributed by atoms with Crippen molar-refractivity contribution in [2.75, 3.05) is 0 Å². The van der Waals surface area contributed by atoms with Crippen LogP contribution in [-0.4, -0.2) is 23.1 Å². The first-order chi connectivity index (χ1) is 26.2. The molecule has 0 aliphatic heterocycles. The number of ketones is 4. The van der Waals surface area contributed by atoms with Crippen molar-refractivity contribution < 1.29 is 19.2 Å². The Hall–Kier alpha value is -4.44. The third-order valence-corrected chi connectivity index (χ3v) is 10.5. The highest BCUT2D eigenvalue weighted by Crippen LogP contribution is 2.46. The van der Waals surface area contributed by atoms with Gasteiger partial charge in [-0.3, -0.25) is 19.2 Å². The summed E-state index contributed by atoms with van der Waals surface area (Å²) >= 11 is 0. The number of aryl methyl sites for hydroxylation is 2. The number of carbonyl (C=O) groups is 4. The highest BCUT2D eigenvalue weighted by Gasteiger charge is 2.33. The van der Waals surface area contributed by atoms with Gasteiger partial charge in [0.1, 0.15) is 0 Å². The molecule has 0 N–H and O–H groups in total. The molecule has 286 valence electrons. The standard InChI is InChI=1S/C50H62O4/c1-7-13-22-35-26-27-36(23-14-8-2)44(28-35)50(37-24-16-15-17-25-37)49(42-31-38(45(51)18-9-3)29-39(32-42)46(52)19-10-4)43-33-40(47(53)20-11-5)30-41(34-43)48(54)21-12-6/h15-17,24-34,49-50H,7-14,18-23H2,1-6H3. The van der Waals surface area contributed by atoms with Crippen molar-refractivity contribution in [3.05, 3.63) is 141 Å². The number of hydrogen-bond acceptors (Lipinski definition) is 4. The zero-order chi connectivity index (χ0) is 39.0. The molecule has 4 rings (SSSR count). The van der Waals surface area contributed by atoms with E-state index in [0.29, 0.717) is 73.6 Å². The summed E-state index contributed by atoms with van der Waals surface area (Å²) in [4.78, 5) is 55.0. The Morgan fingerprint density at radius 3 is 1.26 bits per heavy atom. The van der Waals surface area contributed by atoms with Crippen LogP contribution < -0.4 is 0 Å². The molecule has 0 saturated carbocycles. The minimum atomic E-state index is -0.417. The lowest BCUT2D eigenvalue weighted by atomic mass is 9.70. The topological polar surface area (TPSA) is 68.3 Å². The van der Waals surface area contributed by atoms with E-state index in [4.69, 9.17) is 0 Å². The summed E-state index contributed by atoms with van der Waals surface area (Å²) in [7, 11) is 0. The molecule has 0 radical (unpaired) electrons. The Balaban J connectivity index is 2.21. The molecule has 0 amide bonds. The average Bonchev–Trinajstić information content (AvgIpc) is 3.18. The largest absolute Gasteiger partial charge is 0.294 e. The molecule has 4 aromatic carbocycles. The smallest absolute Gasteiger partial charge is 0.162 e. The number of carbonyl (C=O) groups excluding carboxylic acids is 4. The lowest BCUT2D eigenvalue weighted by Gasteiger charge is -2.32. The summed E-state index contributed by atoms with van der Waals surface area (Å²) < 4.78 is 0. The Kier molecular flexibility index (Phi) is 16.8. The van der Waals surface area contributed by atoms with Crippen LogP contribution in [0.25, 0.3) is 0 Å². The van der Waals surface area contributed by atoms with E-state index in [1.54, 1.807) is 12.1 Å². The maximum atomic E-state index is 13.7. The Bertz CT molecular complexity index is 1710. The van der Waals surface area contributed by atoms with Crippen LogP contribution in [0.3, 0.4) is 0 Å². The van der Waals surface area contributed by atoms with E-state index in [0.717, 1.165) is 55.2 Å². The highest BCUT2D eigenvalue weighted by atomic mass is 16.1. The van der Waals surface area contributed by atoms with E-state index in [1.807, 2.05) is 58.0 Å². The van der Waals surface area contributed by atoms with Gasteiger partial charge in [-0.05, 0) is 121 Å². The molecule has 0 fully saturated rings. The molecular weight excluding hydrogens is 665 g/mol. The first kappa shape index (κ1) is 42.3. The molecule has 4 heteroatoms. The van der Waals surface area contributed by atoms with Crippen LogP contribution in [-0.2, 0) is 12.8 Å². The predicted octanol–water partition coefficient (Wildman–Crippen LogP) is 13.3. The van der Waals surface area contributed by atoms with Crippen molar-refractivity contribution in [3.8, 4) is 0 Å². The first-order valence-electron chi connectivity index (χ1n) is 20.8. The number of Topliss-reactive ketones (excluding diaryl/α,β-unsaturated/α-hetero) is 4. The van der Waals surface area contributed by atoms with Crippen molar-refractivity contribution in [1.82, 2.24) is 0 Å². The molecule has 0 heterocycles. The number of unbranched alkanes of at least 4 members (excludes halogenated alkanes) is 2. The van der Waals surface area contributed by atoms with E-state index in [1.165, 1.54) is 16.7 Å². The molecule has 0 aliphatic carbocycles. The second-order valence-electron chi connectivity index (χ2n) is 15.0. The van der Waals surface area contributed by atoms with Gasteiger partial charge < -0.3 is 0 Å². The van der Waals surface area contributed by atoms with E-state index < -0.39 is 5.92 Å². The maximum absolute atomic E-state index is 13.7. The lowest BCUT2D eigenvalue weighted by Crippen LogP contribution is -2.19. The lowest BCUT2D eigenvalue weighted by molar-refractivity contribution is 0.0966. The molecule has 4 aromatic rings. The normalized spacial score (nSPS) is 11.8. The first-order valence-corrected chi connectivity index (χ1v) is 20.8. The van der Waals surface area contributed by atoms with E-state index in [2.05, 4.69) is 56.3 Å². The monoisotopic (exact) mass is 726 g/mol. The Morgan fingerprint density at radius 2 is 0.852 bits per heavy atom. The van der Waals surface area contributed by atoms with Gasteiger partial charge in [0.2, 0.25) is 0 Å². The van der Waals surface area contributed by atoms with Gasteiger partial charge in [0.15, 0.2) is 23.1 Å². The van der Waals surface area contributed by atoms with Gasteiger partial charge in [-0.2, -0.15) is 0 Å². The quantitative estimate of drug-likeness (QED) is 0.0714. The average molecular weight is 727 g/mol. The van der Waals surface area contributed by atoms with Crippen LogP contribution in [0.1, 0.15) is 205 Å². The van der Waals surface area contributed by atoms with Crippen LogP contribution in [0.4, 0.5) is 0 Å². The zero-order valence-electron chi connectivity index (χ0n) is 33.8. The Morgan fingerprint density at radius 1 is 0.426 bits per heavy atom. The van der Waals surface area contributed by atoms with E-state index in [9.17, 15) is 19.2 Å². The molecule has 0 bridgehead atoms. The van der Waals surface area contributed by atoms with Crippen molar-refractivity contribution in [1.29, 1.82) is 0 Å². The summed E-state index contributed by atoms with van der Waals surface area (Å²) in [6.45, 7) is 12.4. The van der Waals surface area contributed by atoms with Crippen molar-refractivity contribution in [2.45, 2.75) is 143 Å². The maximum Gasteiger partial charge on any atom is 0.162 e. The van der Waals surface area contributed by atoms with E-state index >= 15 is 0 Å². The minimum absolute atomic E-state index is 0.00999. The third kappa shape index (κ3) is 11.1. The van der Waals surface area contributed by atoms with Crippen LogP contribution in [0.5, 0.6) is 0 Å². The summed E-state index contributed by atoms with van der Waals surface area (Å²) in [6.07, 6.45) is 10.5. The van der Waals surface area contributed by atoms with Gasteiger partial charge >= 0.3 is 0 Å². The minimum Gasteiger partial charge on any atom is -0.294 e. The van der Waals surface area contributed by atoms with Gasteiger partial charge in [-0.1, -0.05) is 103 Å². The molecule has 0 aromatic heterocycles. The summed E-state index contributed by atoms with van der Waals surface area (Å²) in [5.41, 5.74) is 8.71. The summed E-state index contributed by atoms with van der Waals surface area (Å²) in [5.74, 6) is -0.617. The fourth-order valence-corrected chi connectivity index (χ4v) is 7.65. The van der Waals surface area contributed by atoms with Gasteiger partial charge in [-0.25, -0.2) is 0 Å². The van der Waals surface area contributed by atoms with Gasteiger partial charge in [0.25, 0.3) is 0 Å². The number of hydrogen-bond donors (Lipinski definition) is 0. The van der Waals surface area contributed by atoms with Crippen LogP contribution in [0.15, 0.2) is 84.9 Å². The second kappa shape index (κ2) is 21.4. The third-order valence-electron chi connectivity index (χ3n) is 10.5. The highest BCUT2D eigenvalue weighted by molar-refractivity contribution is 6.03. The number of benzene rings is 4. The molecule has 0 aliphatic rings. The number of rotatable bonds is 23. The fourth-order valence-electron chi connectivity index (χ4n) is 7.65. The summed E-state index contributed by atoms with van der Waals surface area (Å²) in [5, 5.41) is 0. The zero-order valence-corrected chi connectivity index (χ0v) is 33.8. The predicted molar refractivity (Wildman–Crippen MR) is 224 cm³/mol. The van der Waals surface area contributed by atoms with Crippen molar-refractivity contribution in [3.63, 3.8) is 0 Å². The van der Waals surface area contributed by atoms with Crippen molar-refractivity contribution >= 4 is 23.1 Å². The molecule has 0 spiro atoms. The molecule has 54 heavy (non-hydrogen) atoms. The molecule has 1 atom stereocenters. The SMILES string of the molecule is CCCCc1ccc(CCCC)c(C(c2ccccc2)C(c2cc(C(=O)CCC)cc(C(=O)CCC)c2)c2cc(C(=O)CCC)cc(C(=O)CCC)c2)c1. The van der Waals surface area contributed by atoms with Crippen LogP contribution in [0.2, 0.25) is 0 Å². The van der Waals surface area contributed by atoms with Gasteiger partial charge in [0.05, 0.1) is 0 Å². The molecular formula is C50H62O4. The molecule has 0 saturated heterocycles. The van der Waals surface area contributed by atoms with Crippen LogP contribution in [0, 0.1) is 0 Å². The molecule has 1 unspecified atom stereocenters. The fraction of sp³-hybridized carbons (Fsp3) is 0.440. The van der Waals surface area contributed by atoms with E-state index in [-0.39, 0.29) is 29.1 Å². The van der Waals surface area contributed by atoms with Gasteiger partial charge in [0, 0.05) is 59.8 Å². The molecule has 4 nitrogen and oxygen atoms in total. The van der Waals surface area contributed by atoms with Crippen LogP contribution >= 0.6 is 0 Å². The van der Waals surface area contributed by atoms with Gasteiger partial charge in [-0.15, -0.1) is 0 Å². The van der Waals surface area contributed by atoms with Crippen molar-refractivity contribution in [2.24, 2.45) is 0 Å².